The summed E-state index contributed by atoms with van der Waals surface area (Å²) in [4.78, 5) is 22.7. The third-order valence-electron chi connectivity index (χ3n) is 10.9. The molecule has 2 unspecified atom stereocenters. The molecule has 4 aliphatic rings. The van der Waals surface area contributed by atoms with E-state index in [1.54, 1.807) is 6.07 Å². The summed E-state index contributed by atoms with van der Waals surface area (Å²) in [6.45, 7) is 4.62. The molecule has 3 saturated heterocycles. The number of thioether (sulfide) groups is 1. The summed E-state index contributed by atoms with van der Waals surface area (Å²) in [5, 5.41) is 10.4. The van der Waals surface area contributed by atoms with E-state index in [0.29, 0.717) is 24.7 Å². The number of likely N-dealkylation sites (tertiary alicyclic amines) is 1. The predicted molar refractivity (Wildman–Crippen MR) is 171 cm³/mol. The van der Waals surface area contributed by atoms with Gasteiger partial charge in [-0.2, -0.15) is 11.8 Å². The van der Waals surface area contributed by atoms with Crippen LogP contribution in [0.15, 0.2) is 48.5 Å². The molecule has 1 N–H and O–H groups in total. The molecule has 1 aromatic heterocycles. The zero-order valence-corrected chi connectivity index (χ0v) is 26.1. The molecular formula is C35H45FN4O2S. The number of fused-ring (bicyclic) bond motifs is 3. The Balaban J connectivity index is 1.15. The molecule has 0 radical (unpaired) electrons. The van der Waals surface area contributed by atoms with Gasteiger partial charge in [-0.05, 0) is 67.3 Å². The molecule has 3 aromatic rings. The number of carbonyl (C=O) groups is 1. The molecule has 4 fully saturated rings. The molecule has 3 aliphatic heterocycles. The van der Waals surface area contributed by atoms with E-state index in [4.69, 9.17) is 4.98 Å². The molecule has 0 amide bonds. The Morgan fingerprint density at radius 2 is 1.79 bits per heavy atom. The first-order valence-corrected chi connectivity index (χ1v) is 17.7. The van der Waals surface area contributed by atoms with E-state index in [1.165, 1.54) is 23.8 Å². The molecule has 4 heterocycles. The SMILES string of the molecule is CCc1nc2ccccc2n1C1CC2CSCC(C1)N2C[C@H]1CN([C@@H](C(=O)O)C2CCCCC2)C[C@@H]1c1cccc(F)c1. The highest BCUT2D eigenvalue weighted by Crippen LogP contribution is 2.44. The number of hydrogen-bond acceptors (Lipinski definition) is 5. The van der Waals surface area contributed by atoms with E-state index < -0.39 is 12.0 Å². The van der Waals surface area contributed by atoms with E-state index >= 15 is 0 Å². The van der Waals surface area contributed by atoms with Crippen molar-refractivity contribution in [2.24, 2.45) is 11.8 Å². The number of benzene rings is 2. The van der Waals surface area contributed by atoms with Crippen molar-refractivity contribution in [1.29, 1.82) is 0 Å². The molecular weight excluding hydrogens is 559 g/mol. The summed E-state index contributed by atoms with van der Waals surface area (Å²) < 4.78 is 17.0. The Morgan fingerprint density at radius 3 is 2.51 bits per heavy atom. The van der Waals surface area contributed by atoms with Gasteiger partial charge < -0.3 is 9.67 Å². The summed E-state index contributed by atoms with van der Waals surface area (Å²) in [6.07, 6.45) is 8.61. The largest absolute Gasteiger partial charge is 0.480 e. The van der Waals surface area contributed by atoms with Crippen molar-refractivity contribution < 1.29 is 14.3 Å². The molecule has 8 heteroatoms. The van der Waals surface area contributed by atoms with Gasteiger partial charge in [0.1, 0.15) is 17.7 Å². The van der Waals surface area contributed by atoms with Crippen LogP contribution in [-0.4, -0.2) is 79.7 Å². The highest BCUT2D eigenvalue weighted by molar-refractivity contribution is 7.99. The molecule has 6 nitrogen and oxygen atoms in total. The first kappa shape index (κ1) is 29.3. The number of hydrogen-bond donors (Lipinski definition) is 1. The molecule has 43 heavy (non-hydrogen) atoms. The molecule has 2 bridgehead atoms. The number of nitrogens with zero attached hydrogens (tertiary/aromatic N) is 4. The van der Waals surface area contributed by atoms with Crippen LogP contribution < -0.4 is 0 Å². The van der Waals surface area contributed by atoms with E-state index in [-0.39, 0.29) is 23.6 Å². The Hall–Kier alpha value is -2.42. The zero-order valence-electron chi connectivity index (χ0n) is 25.3. The van der Waals surface area contributed by atoms with Crippen molar-refractivity contribution in [3.8, 4) is 0 Å². The molecule has 0 spiro atoms. The molecule has 5 atom stereocenters. The number of aryl methyl sites for hydroxylation is 1. The van der Waals surface area contributed by atoms with Crippen LogP contribution in [0.4, 0.5) is 4.39 Å². The van der Waals surface area contributed by atoms with E-state index in [9.17, 15) is 14.3 Å². The Kier molecular flexibility index (Phi) is 8.53. The van der Waals surface area contributed by atoms with Gasteiger partial charge in [0.25, 0.3) is 0 Å². The van der Waals surface area contributed by atoms with Gasteiger partial charge in [0.05, 0.1) is 11.0 Å². The topological polar surface area (TPSA) is 61.6 Å². The summed E-state index contributed by atoms with van der Waals surface area (Å²) in [5.74, 6) is 3.18. The number of aliphatic carboxylic acids is 1. The maximum Gasteiger partial charge on any atom is 0.321 e. The molecule has 230 valence electrons. The molecule has 1 aliphatic carbocycles. The quantitative estimate of drug-likeness (QED) is 0.312. The molecule has 2 aromatic carbocycles. The van der Waals surface area contributed by atoms with Gasteiger partial charge in [0.15, 0.2) is 0 Å². The van der Waals surface area contributed by atoms with E-state index in [2.05, 4.69) is 63.4 Å². The Bertz CT molecular complexity index is 1430. The lowest BCUT2D eigenvalue weighted by Gasteiger charge is -2.50. The minimum absolute atomic E-state index is 0.136. The summed E-state index contributed by atoms with van der Waals surface area (Å²) in [7, 11) is 0. The van der Waals surface area contributed by atoms with Gasteiger partial charge in [-0.25, -0.2) is 9.37 Å². The number of para-hydroxylation sites is 2. The van der Waals surface area contributed by atoms with Crippen molar-refractivity contribution >= 4 is 28.8 Å². The summed E-state index contributed by atoms with van der Waals surface area (Å²) in [6, 6.07) is 16.6. The number of carboxylic acid groups (broad SMARTS) is 1. The van der Waals surface area contributed by atoms with Crippen molar-refractivity contribution in [2.75, 3.05) is 31.1 Å². The molecule has 1 saturated carbocycles. The lowest BCUT2D eigenvalue weighted by Crippen LogP contribution is -2.56. The van der Waals surface area contributed by atoms with Gasteiger partial charge in [0, 0.05) is 61.6 Å². The molecule has 7 rings (SSSR count). The highest BCUT2D eigenvalue weighted by Gasteiger charge is 2.46. The van der Waals surface area contributed by atoms with Crippen molar-refractivity contribution in [1.82, 2.24) is 19.4 Å². The second-order valence-corrected chi connectivity index (χ2v) is 14.5. The van der Waals surface area contributed by atoms with Crippen molar-refractivity contribution in [2.45, 2.75) is 88.4 Å². The minimum atomic E-state index is -0.682. The Labute approximate surface area is 259 Å². The van der Waals surface area contributed by atoms with Crippen LogP contribution in [-0.2, 0) is 11.2 Å². The van der Waals surface area contributed by atoms with Gasteiger partial charge in [-0.15, -0.1) is 0 Å². The average Bonchev–Trinajstić information content (AvgIpc) is 3.59. The fraction of sp³-hybridized carbons (Fsp3) is 0.600. The second kappa shape index (κ2) is 12.5. The van der Waals surface area contributed by atoms with Crippen LogP contribution in [0.3, 0.4) is 0 Å². The fourth-order valence-electron chi connectivity index (χ4n) is 9.03. The Morgan fingerprint density at radius 1 is 1.02 bits per heavy atom. The number of aromatic nitrogens is 2. The number of imidazole rings is 1. The standard InChI is InChI=1S/C35H45FN4O2S/c1-2-33-37-31-13-6-7-14-32(31)40(33)27-16-28-21-43-22-29(17-27)39(28)19-25-18-38(20-30(25)24-11-8-12-26(36)15-24)34(35(41)42)23-9-4-3-5-10-23/h6-8,11-15,23,25,27-30,34H,2-5,9-10,16-22H2,1H3,(H,41,42)/t25-,27?,28?,29?,30-,34-/m1/s1. The predicted octanol–water partition coefficient (Wildman–Crippen LogP) is 6.61. The van der Waals surface area contributed by atoms with Gasteiger partial charge >= 0.3 is 5.97 Å². The lowest BCUT2D eigenvalue weighted by atomic mass is 9.83. The maximum atomic E-state index is 14.5. The monoisotopic (exact) mass is 604 g/mol. The third kappa shape index (κ3) is 5.75. The maximum absolute atomic E-state index is 14.5. The van der Waals surface area contributed by atoms with Gasteiger partial charge in [0.2, 0.25) is 0 Å². The van der Waals surface area contributed by atoms with Crippen LogP contribution in [0.2, 0.25) is 0 Å². The van der Waals surface area contributed by atoms with E-state index in [0.717, 1.165) is 80.6 Å². The first-order valence-electron chi connectivity index (χ1n) is 16.5. The van der Waals surface area contributed by atoms with Crippen LogP contribution in [0.5, 0.6) is 0 Å². The van der Waals surface area contributed by atoms with Crippen molar-refractivity contribution in [3.63, 3.8) is 0 Å². The van der Waals surface area contributed by atoms with Gasteiger partial charge in [-0.3, -0.25) is 14.6 Å². The third-order valence-corrected chi connectivity index (χ3v) is 12.2. The number of rotatable bonds is 8. The highest BCUT2D eigenvalue weighted by atomic mass is 32.2. The fourth-order valence-corrected chi connectivity index (χ4v) is 10.4. The minimum Gasteiger partial charge on any atom is -0.480 e. The zero-order chi connectivity index (χ0) is 29.5. The summed E-state index contributed by atoms with van der Waals surface area (Å²) >= 11 is 2.08. The number of carboxylic acids is 1. The second-order valence-electron chi connectivity index (χ2n) is 13.5. The van der Waals surface area contributed by atoms with Gasteiger partial charge in [-0.1, -0.05) is 50.5 Å². The lowest BCUT2D eigenvalue weighted by molar-refractivity contribution is -0.145. The van der Waals surface area contributed by atoms with Crippen LogP contribution in [0.1, 0.15) is 75.2 Å². The van der Waals surface area contributed by atoms with E-state index in [1.807, 2.05) is 6.07 Å². The number of halogens is 1. The smallest absolute Gasteiger partial charge is 0.321 e. The van der Waals surface area contributed by atoms with Crippen LogP contribution >= 0.6 is 11.8 Å². The van der Waals surface area contributed by atoms with Crippen LogP contribution in [0.25, 0.3) is 11.0 Å². The van der Waals surface area contributed by atoms with Crippen molar-refractivity contribution in [3.05, 3.63) is 65.7 Å². The average molecular weight is 605 g/mol. The normalized spacial score (nSPS) is 29.7. The number of piperidine rings is 1. The first-order chi connectivity index (χ1) is 21.0. The summed E-state index contributed by atoms with van der Waals surface area (Å²) in [5.41, 5.74) is 3.37. The van der Waals surface area contributed by atoms with Crippen LogP contribution in [0, 0.1) is 17.7 Å².